The second-order valence-corrected chi connectivity index (χ2v) is 6.54. The minimum atomic E-state index is 0.627. The van der Waals surface area contributed by atoms with E-state index in [1.54, 1.807) is 0 Å². The third-order valence-electron chi connectivity index (χ3n) is 4.71. The van der Waals surface area contributed by atoms with Gasteiger partial charge in [0.25, 0.3) is 0 Å². The lowest BCUT2D eigenvalue weighted by Crippen LogP contribution is -2.36. The first-order valence-electron chi connectivity index (χ1n) is 8.60. The zero-order valence-electron chi connectivity index (χ0n) is 14.5. The predicted octanol–water partition coefficient (Wildman–Crippen LogP) is 1.59. The topological polar surface area (TPSA) is 42.1 Å². The van der Waals surface area contributed by atoms with Crippen LogP contribution in [0.15, 0.2) is 24.8 Å². The van der Waals surface area contributed by atoms with E-state index in [9.17, 15) is 0 Å². The normalized spacial score (nSPS) is 19.0. The Morgan fingerprint density at radius 3 is 2.78 bits per heavy atom. The van der Waals surface area contributed by atoms with Crippen LogP contribution < -0.4 is 0 Å². The smallest absolute Gasteiger partial charge is 0.122 e. The summed E-state index contributed by atoms with van der Waals surface area (Å²) in [5, 5.41) is 4.29. The van der Waals surface area contributed by atoms with Crippen LogP contribution in [-0.4, -0.2) is 55.3 Å². The molecule has 2 aromatic rings. The van der Waals surface area contributed by atoms with Gasteiger partial charge in [0.15, 0.2) is 0 Å². The molecule has 6 heteroatoms. The molecule has 0 fully saturated rings. The summed E-state index contributed by atoms with van der Waals surface area (Å²) in [6.45, 7) is 11.9. The Labute approximate surface area is 138 Å². The average Bonchev–Trinajstić information content (AvgIpc) is 3.10. The molecule has 0 aromatic carbocycles. The van der Waals surface area contributed by atoms with Crippen LogP contribution >= 0.6 is 0 Å². The molecular weight excluding hydrogens is 288 g/mol. The third-order valence-corrected chi connectivity index (χ3v) is 4.71. The lowest BCUT2D eigenvalue weighted by molar-refractivity contribution is 0.174. The van der Waals surface area contributed by atoms with Gasteiger partial charge in [-0.2, -0.15) is 5.10 Å². The molecule has 0 radical (unpaired) electrons. The summed E-state index contributed by atoms with van der Waals surface area (Å²) >= 11 is 0. The molecule has 0 saturated carbocycles. The fourth-order valence-corrected chi connectivity index (χ4v) is 3.52. The fourth-order valence-electron chi connectivity index (χ4n) is 3.52. The number of aromatic nitrogens is 4. The number of hydrogen-bond acceptors (Lipinski definition) is 4. The lowest BCUT2D eigenvalue weighted by atomic mass is 10.1. The zero-order valence-corrected chi connectivity index (χ0v) is 14.5. The number of fused-ring (bicyclic) bond motifs is 1. The highest BCUT2D eigenvalue weighted by atomic mass is 15.3. The molecule has 6 nitrogen and oxygen atoms in total. The Hall–Kier alpha value is -1.66. The van der Waals surface area contributed by atoms with Crippen molar-refractivity contribution in [3.8, 4) is 0 Å². The summed E-state index contributed by atoms with van der Waals surface area (Å²) in [5.41, 5.74) is 1.27. The number of imidazole rings is 1. The van der Waals surface area contributed by atoms with E-state index < -0.39 is 0 Å². The molecule has 1 aliphatic rings. The molecule has 1 aliphatic heterocycles. The standard InChI is InChI=1S/C17H28N6/c1-4-21(5-2)11-16-12-22(10-15-8-19-20(3)9-15)14-17-18-6-7-23(17)13-16/h6-9,16H,4-5,10-14H2,1-3H3/t16-/m0/s1. The third kappa shape index (κ3) is 4.00. The Morgan fingerprint density at radius 2 is 2.09 bits per heavy atom. The predicted molar refractivity (Wildman–Crippen MR) is 90.8 cm³/mol. The molecule has 1 atom stereocenters. The number of hydrogen-bond donors (Lipinski definition) is 0. The van der Waals surface area contributed by atoms with Gasteiger partial charge >= 0.3 is 0 Å². The first-order valence-corrected chi connectivity index (χ1v) is 8.60. The number of nitrogens with zero attached hydrogens (tertiary/aromatic N) is 6. The monoisotopic (exact) mass is 316 g/mol. The van der Waals surface area contributed by atoms with Crippen LogP contribution in [0, 0.1) is 5.92 Å². The van der Waals surface area contributed by atoms with Gasteiger partial charge < -0.3 is 9.47 Å². The molecular formula is C17H28N6. The Morgan fingerprint density at radius 1 is 1.26 bits per heavy atom. The van der Waals surface area contributed by atoms with Crippen LogP contribution in [0.2, 0.25) is 0 Å². The van der Waals surface area contributed by atoms with Gasteiger partial charge in [0.2, 0.25) is 0 Å². The number of rotatable bonds is 6. The highest BCUT2D eigenvalue weighted by Crippen LogP contribution is 2.18. The quantitative estimate of drug-likeness (QED) is 0.812. The van der Waals surface area contributed by atoms with Crippen LogP contribution in [0.1, 0.15) is 25.2 Å². The molecule has 0 bridgehead atoms. The van der Waals surface area contributed by atoms with Crippen molar-refractivity contribution in [1.82, 2.24) is 29.1 Å². The SMILES string of the molecule is CCN(CC)C[C@H]1CN(Cc2cnn(C)c2)Cc2nccn2C1. The Balaban J connectivity index is 1.74. The lowest BCUT2D eigenvalue weighted by Gasteiger charge is -2.28. The molecule has 0 amide bonds. The molecule has 3 heterocycles. The van der Waals surface area contributed by atoms with E-state index in [1.165, 1.54) is 11.4 Å². The highest BCUT2D eigenvalue weighted by molar-refractivity contribution is 5.05. The summed E-state index contributed by atoms with van der Waals surface area (Å²) in [6, 6.07) is 0. The van der Waals surface area contributed by atoms with E-state index in [-0.39, 0.29) is 0 Å². The summed E-state index contributed by atoms with van der Waals surface area (Å²) in [4.78, 5) is 9.59. The maximum Gasteiger partial charge on any atom is 0.122 e. The van der Waals surface area contributed by atoms with Gasteiger partial charge in [0.1, 0.15) is 5.82 Å². The van der Waals surface area contributed by atoms with Gasteiger partial charge in [-0.15, -0.1) is 0 Å². The van der Waals surface area contributed by atoms with Crippen molar-refractivity contribution >= 4 is 0 Å². The highest BCUT2D eigenvalue weighted by Gasteiger charge is 2.23. The summed E-state index contributed by atoms with van der Waals surface area (Å²) in [6.07, 6.45) is 8.13. The molecule has 0 spiro atoms. The summed E-state index contributed by atoms with van der Waals surface area (Å²) in [5.74, 6) is 1.80. The molecule has 3 rings (SSSR count). The van der Waals surface area contributed by atoms with E-state index in [0.717, 1.165) is 45.8 Å². The van der Waals surface area contributed by atoms with Crippen molar-refractivity contribution in [3.63, 3.8) is 0 Å². The van der Waals surface area contributed by atoms with Crippen LogP contribution in [0.25, 0.3) is 0 Å². The van der Waals surface area contributed by atoms with Gasteiger partial charge in [-0.3, -0.25) is 9.58 Å². The number of aryl methyl sites for hydroxylation is 1. The molecule has 0 unspecified atom stereocenters. The largest absolute Gasteiger partial charge is 0.333 e. The van der Waals surface area contributed by atoms with Crippen molar-refractivity contribution in [3.05, 3.63) is 36.2 Å². The van der Waals surface area contributed by atoms with E-state index in [4.69, 9.17) is 0 Å². The van der Waals surface area contributed by atoms with Crippen molar-refractivity contribution in [2.75, 3.05) is 26.2 Å². The minimum Gasteiger partial charge on any atom is -0.333 e. The van der Waals surface area contributed by atoms with E-state index in [0.29, 0.717) is 5.92 Å². The van der Waals surface area contributed by atoms with Gasteiger partial charge in [0, 0.05) is 63.3 Å². The van der Waals surface area contributed by atoms with Crippen LogP contribution in [0.4, 0.5) is 0 Å². The van der Waals surface area contributed by atoms with Gasteiger partial charge in [-0.25, -0.2) is 4.98 Å². The first kappa shape index (κ1) is 16.2. The maximum absolute atomic E-state index is 4.55. The minimum absolute atomic E-state index is 0.627. The van der Waals surface area contributed by atoms with E-state index >= 15 is 0 Å². The van der Waals surface area contributed by atoms with Crippen LogP contribution in [0.5, 0.6) is 0 Å². The molecule has 0 saturated heterocycles. The van der Waals surface area contributed by atoms with Crippen molar-refractivity contribution in [1.29, 1.82) is 0 Å². The Bertz CT molecular complexity index is 612. The summed E-state index contributed by atoms with van der Waals surface area (Å²) < 4.78 is 4.21. The van der Waals surface area contributed by atoms with Gasteiger partial charge in [0.05, 0.1) is 12.7 Å². The zero-order chi connectivity index (χ0) is 16.2. The average molecular weight is 316 g/mol. The van der Waals surface area contributed by atoms with Crippen molar-refractivity contribution in [2.24, 2.45) is 13.0 Å². The maximum atomic E-state index is 4.55. The first-order chi connectivity index (χ1) is 11.2. The molecule has 126 valence electrons. The Kier molecular flexibility index (Phi) is 5.13. The molecule has 0 N–H and O–H groups in total. The molecule has 0 aliphatic carbocycles. The van der Waals surface area contributed by atoms with Crippen LogP contribution in [0.3, 0.4) is 0 Å². The summed E-state index contributed by atoms with van der Waals surface area (Å²) in [7, 11) is 1.97. The van der Waals surface area contributed by atoms with Crippen molar-refractivity contribution < 1.29 is 0 Å². The molecule has 2 aromatic heterocycles. The van der Waals surface area contributed by atoms with Gasteiger partial charge in [-0.1, -0.05) is 13.8 Å². The van der Waals surface area contributed by atoms with Crippen LogP contribution in [-0.2, 0) is 26.7 Å². The molecule has 23 heavy (non-hydrogen) atoms. The van der Waals surface area contributed by atoms with E-state index in [1.807, 2.05) is 24.1 Å². The second-order valence-electron chi connectivity index (χ2n) is 6.54. The van der Waals surface area contributed by atoms with E-state index in [2.05, 4.69) is 50.7 Å². The fraction of sp³-hybridized carbons (Fsp3) is 0.647. The van der Waals surface area contributed by atoms with Gasteiger partial charge in [-0.05, 0) is 13.1 Å². The van der Waals surface area contributed by atoms with Crippen molar-refractivity contribution in [2.45, 2.75) is 33.5 Å². The second kappa shape index (κ2) is 7.27.